The van der Waals surface area contributed by atoms with Crippen molar-refractivity contribution in [1.82, 2.24) is 20.1 Å². The van der Waals surface area contributed by atoms with Crippen molar-refractivity contribution in [2.24, 2.45) is 13.0 Å². The van der Waals surface area contributed by atoms with E-state index in [1.165, 1.54) is 0 Å². The zero-order valence-electron chi connectivity index (χ0n) is 7.64. The van der Waals surface area contributed by atoms with Gasteiger partial charge in [-0.05, 0) is 13.0 Å². The van der Waals surface area contributed by atoms with Gasteiger partial charge in [-0.25, -0.2) is 0 Å². The van der Waals surface area contributed by atoms with Crippen molar-refractivity contribution in [1.29, 1.82) is 0 Å². The highest BCUT2D eigenvalue weighted by molar-refractivity contribution is 4.95. The highest BCUT2D eigenvalue weighted by atomic mass is 16.3. The van der Waals surface area contributed by atoms with Crippen molar-refractivity contribution in [2.45, 2.75) is 12.5 Å². The number of aromatic nitrogens is 3. The molecule has 0 bridgehead atoms. The number of hydrogen-bond acceptors (Lipinski definition) is 4. The van der Waals surface area contributed by atoms with E-state index < -0.39 is 6.10 Å². The molecule has 5 heteroatoms. The lowest BCUT2D eigenvalue weighted by Gasteiger charge is -2.15. The van der Waals surface area contributed by atoms with Crippen molar-refractivity contribution >= 4 is 0 Å². The average Bonchev–Trinajstić information content (AvgIpc) is 2.72. The minimum atomic E-state index is -0.484. The molecule has 72 valence electrons. The van der Waals surface area contributed by atoms with Crippen LogP contribution in [-0.4, -0.2) is 33.0 Å². The van der Waals surface area contributed by atoms with Gasteiger partial charge in [-0.1, -0.05) is 0 Å². The monoisotopic (exact) mass is 182 g/mol. The van der Waals surface area contributed by atoms with Crippen LogP contribution >= 0.6 is 0 Å². The molecule has 2 rings (SSSR count). The standard InChI is InChI=1S/C8H14N4O/c1-12-5-10-11-8(12)7(13)6-2-3-9-4-6/h5-7,9,13H,2-4H2,1H3/t6-,7?/m0/s1. The molecular formula is C8H14N4O. The minimum Gasteiger partial charge on any atom is -0.385 e. The molecule has 1 saturated heterocycles. The van der Waals surface area contributed by atoms with E-state index in [-0.39, 0.29) is 5.92 Å². The van der Waals surface area contributed by atoms with E-state index in [4.69, 9.17) is 0 Å². The fourth-order valence-corrected chi connectivity index (χ4v) is 1.72. The number of nitrogens with zero attached hydrogens (tertiary/aromatic N) is 3. The van der Waals surface area contributed by atoms with Crippen LogP contribution in [-0.2, 0) is 7.05 Å². The molecule has 0 aliphatic carbocycles. The molecule has 2 N–H and O–H groups in total. The summed E-state index contributed by atoms with van der Waals surface area (Å²) in [6, 6.07) is 0. The lowest BCUT2D eigenvalue weighted by molar-refractivity contribution is 0.106. The number of rotatable bonds is 2. The Morgan fingerprint density at radius 3 is 3.15 bits per heavy atom. The first-order chi connectivity index (χ1) is 6.29. The number of hydrogen-bond donors (Lipinski definition) is 2. The third-order valence-electron chi connectivity index (χ3n) is 2.56. The van der Waals surface area contributed by atoms with Gasteiger partial charge >= 0.3 is 0 Å². The number of nitrogens with one attached hydrogen (secondary N) is 1. The first-order valence-corrected chi connectivity index (χ1v) is 4.51. The quantitative estimate of drug-likeness (QED) is 0.644. The zero-order chi connectivity index (χ0) is 9.26. The molecule has 1 aliphatic rings. The van der Waals surface area contributed by atoms with Gasteiger partial charge in [0, 0.05) is 19.5 Å². The Kier molecular flexibility index (Phi) is 2.28. The number of aryl methyl sites for hydroxylation is 1. The molecular weight excluding hydrogens is 168 g/mol. The van der Waals surface area contributed by atoms with Crippen molar-refractivity contribution < 1.29 is 5.11 Å². The van der Waals surface area contributed by atoms with Gasteiger partial charge in [0.2, 0.25) is 0 Å². The lowest BCUT2D eigenvalue weighted by Crippen LogP contribution is -2.18. The Morgan fingerprint density at radius 1 is 1.77 bits per heavy atom. The second-order valence-electron chi connectivity index (χ2n) is 3.50. The Morgan fingerprint density at radius 2 is 2.62 bits per heavy atom. The molecule has 1 unspecified atom stereocenters. The van der Waals surface area contributed by atoms with Crippen LogP contribution in [0.15, 0.2) is 6.33 Å². The van der Waals surface area contributed by atoms with Crippen LogP contribution in [0.1, 0.15) is 18.3 Å². The highest BCUT2D eigenvalue weighted by Gasteiger charge is 2.27. The highest BCUT2D eigenvalue weighted by Crippen LogP contribution is 2.24. The van der Waals surface area contributed by atoms with Gasteiger partial charge in [-0.2, -0.15) is 0 Å². The topological polar surface area (TPSA) is 63.0 Å². The van der Waals surface area contributed by atoms with Crippen LogP contribution in [0.3, 0.4) is 0 Å². The van der Waals surface area contributed by atoms with Gasteiger partial charge in [0.05, 0.1) is 0 Å². The normalized spacial score (nSPS) is 24.9. The summed E-state index contributed by atoms with van der Waals surface area (Å²) in [6.07, 6.45) is 2.14. The van der Waals surface area contributed by atoms with Gasteiger partial charge in [0.25, 0.3) is 0 Å². The SMILES string of the molecule is Cn1cnnc1C(O)[C@H]1CCNC1. The number of aliphatic hydroxyl groups is 1. The predicted molar refractivity (Wildman–Crippen MR) is 46.9 cm³/mol. The molecule has 0 aromatic carbocycles. The minimum absolute atomic E-state index is 0.280. The molecule has 1 fully saturated rings. The molecule has 1 aliphatic heterocycles. The Hall–Kier alpha value is -0.940. The van der Waals surface area contributed by atoms with Crippen molar-refractivity contribution in [3.05, 3.63) is 12.2 Å². The summed E-state index contributed by atoms with van der Waals surface area (Å²) in [6.45, 7) is 1.85. The van der Waals surface area contributed by atoms with Crippen LogP contribution in [0.4, 0.5) is 0 Å². The Labute approximate surface area is 76.8 Å². The molecule has 0 saturated carbocycles. The molecule has 0 amide bonds. The fourth-order valence-electron chi connectivity index (χ4n) is 1.72. The molecule has 2 atom stereocenters. The molecule has 1 aromatic heterocycles. The van der Waals surface area contributed by atoms with E-state index in [1.54, 1.807) is 10.9 Å². The molecule has 1 aromatic rings. The van der Waals surface area contributed by atoms with E-state index in [1.807, 2.05) is 7.05 Å². The molecule has 2 heterocycles. The summed E-state index contributed by atoms with van der Waals surface area (Å²) in [5, 5.41) is 20.8. The molecule has 5 nitrogen and oxygen atoms in total. The van der Waals surface area contributed by atoms with Gasteiger partial charge in [-0.15, -0.1) is 10.2 Å². The fraction of sp³-hybridized carbons (Fsp3) is 0.750. The summed E-state index contributed by atoms with van der Waals surface area (Å²) in [7, 11) is 1.85. The van der Waals surface area contributed by atoms with Crippen LogP contribution in [0.25, 0.3) is 0 Å². The third-order valence-corrected chi connectivity index (χ3v) is 2.56. The van der Waals surface area contributed by atoms with Crippen molar-refractivity contribution in [3.63, 3.8) is 0 Å². The summed E-state index contributed by atoms with van der Waals surface area (Å²) >= 11 is 0. The summed E-state index contributed by atoms with van der Waals surface area (Å²) < 4.78 is 1.77. The van der Waals surface area contributed by atoms with Crippen LogP contribution < -0.4 is 5.32 Å². The molecule has 0 radical (unpaired) electrons. The van der Waals surface area contributed by atoms with Gasteiger partial charge in [0.15, 0.2) is 5.82 Å². The van der Waals surface area contributed by atoms with E-state index in [0.29, 0.717) is 5.82 Å². The van der Waals surface area contributed by atoms with E-state index in [9.17, 15) is 5.11 Å². The Bertz CT molecular complexity index is 279. The largest absolute Gasteiger partial charge is 0.385 e. The maximum Gasteiger partial charge on any atom is 0.161 e. The van der Waals surface area contributed by atoms with E-state index >= 15 is 0 Å². The third kappa shape index (κ3) is 1.57. The first-order valence-electron chi connectivity index (χ1n) is 4.51. The second-order valence-corrected chi connectivity index (χ2v) is 3.50. The van der Waals surface area contributed by atoms with Crippen LogP contribution in [0.5, 0.6) is 0 Å². The van der Waals surface area contributed by atoms with Crippen LogP contribution in [0.2, 0.25) is 0 Å². The summed E-state index contributed by atoms with van der Waals surface area (Å²) in [5.74, 6) is 0.941. The lowest BCUT2D eigenvalue weighted by atomic mass is 10.0. The maximum absolute atomic E-state index is 9.93. The van der Waals surface area contributed by atoms with Crippen molar-refractivity contribution in [2.75, 3.05) is 13.1 Å². The van der Waals surface area contributed by atoms with Gasteiger partial charge in [-0.3, -0.25) is 0 Å². The first kappa shape index (κ1) is 8.65. The number of aliphatic hydroxyl groups excluding tert-OH is 1. The molecule has 13 heavy (non-hydrogen) atoms. The second kappa shape index (κ2) is 3.43. The zero-order valence-corrected chi connectivity index (χ0v) is 7.64. The molecule has 0 spiro atoms. The van der Waals surface area contributed by atoms with E-state index in [0.717, 1.165) is 19.5 Å². The van der Waals surface area contributed by atoms with E-state index in [2.05, 4.69) is 15.5 Å². The Balaban J connectivity index is 2.12. The van der Waals surface area contributed by atoms with Gasteiger partial charge in [0.1, 0.15) is 12.4 Å². The predicted octanol–water partition coefficient (Wildman–Crippen LogP) is -0.542. The smallest absolute Gasteiger partial charge is 0.161 e. The van der Waals surface area contributed by atoms with Crippen LogP contribution in [0, 0.1) is 5.92 Å². The van der Waals surface area contributed by atoms with Crippen molar-refractivity contribution in [3.8, 4) is 0 Å². The average molecular weight is 182 g/mol. The maximum atomic E-state index is 9.93. The van der Waals surface area contributed by atoms with Gasteiger partial charge < -0.3 is 15.0 Å². The summed E-state index contributed by atoms with van der Waals surface area (Å²) in [4.78, 5) is 0. The summed E-state index contributed by atoms with van der Waals surface area (Å²) in [5.41, 5.74) is 0.